The summed E-state index contributed by atoms with van der Waals surface area (Å²) in [5.74, 6) is 0.835. The Hall–Kier alpha value is -0.820. The van der Waals surface area contributed by atoms with Gasteiger partial charge in [-0.25, -0.2) is 0 Å². The van der Waals surface area contributed by atoms with Crippen LogP contribution in [0.25, 0.3) is 0 Å². The van der Waals surface area contributed by atoms with Gasteiger partial charge in [-0.1, -0.05) is 51.5 Å². The molecule has 0 amide bonds. The van der Waals surface area contributed by atoms with Crippen molar-refractivity contribution in [1.29, 1.82) is 0 Å². The molecular weight excluding hydrogens is 230 g/mol. The van der Waals surface area contributed by atoms with Crippen molar-refractivity contribution in [1.82, 2.24) is 5.32 Å². The Morgan fingerprint density at radius 1 is 1.32 bits per heavy atom. The third-order valence-electron chi connectivity index (χ3n) is 4.61. The summed E-state index contributed by atoms with van der Waals surface area (Å²) in [5.41, 5.74) is 3.32. The second kappa shape index (κ2) is 6.09. The Balaban J connectivity index is 2.10. The molecule has 19 heavy (non-hydrogen) atoms. The van der Waals surface area contributed by atoms with E-state index in [2.05, 4.69) is 57.3 Å². The summed E-state index contributed by atoms with van der Waals surface area (Å²) >= 11 is 0. The van der Waals surface area contributed by atoms with Gasteiger partial charge in [0.25, 0.3) is 0 Å². The lowest BCUT2D eigenvalue weighted by Gasteiger charge is -2.31. The summed E-state index contributed by atoms with van der Waals surface area (Å²) in [7, 11) is 0. The van der Waals surface area contributed by atoms with Gasteiger partial charge >= 0.3 is 0 Å². The van der Waals surface area contributed by atoms with E-state index in [1.165, 1.54) is 31.2 Å². The maximum atomic E-state index is 3.53. The van der Waals surface area contributed by atoms with Crippen LogP contribution < -0.4 is 5.32 Å². The second-order valence-electron chi connectivity index (χ2n) is 6.80. The third-order valence-corrected chi connectivity index (χ3v) is 4.61. The zero-order valence-electron chi connectivity index (χ0n) is 13.0. The van der Waals surface area contributed by atoms with Crippen LogP contribution in [-0.2, 0) is 5.41 Å². The van der Waals surface area contributed by atoms with Crippen LogP contribution in [0.4, 0.5) is 0 Å². The molecule has 1 atom stereocenters. The summed E-state index contributed by atoms with van der Waals surface area (Å²) < 4.78 is 0. The molecule has 0 saturated heterocycles. The number of nitrogens with one attached hydrogen (secondary N) is 1. The van der Waals surface area contributed by atoms with Crippen molar-refractivity contribution in [2.75, 3.05) is 6.54 Å². The molecule has 1 heteroatoms. The first-order chi connectivity index (χ1) is 9.03. The number of benzene rings is 1. The van der Waals surface area contributed by atoms with E-state index < -0.39 is 0 Å². The van der Waals surface area contributed by atoms with Crippen LogP contribution in [-0.4, -0.2) is 12.6 Å². The number of hydrogen-bond acceptors (Lipinski definition) is 1. The maximum Gasteiger partial charge on any atom is 0.00468 e. The van der Waals surface area contributed by atoms with Crippen LogP contribution >= 0.6 is 0 Å². The topological polar surface area (TPSA) is 12.0 Å². The van der Waals surface area contributed by atoms with Crippen LogP contribution in [0.3, 0.4) is 0 Å². The summed E-state index contributed by atoms with van der Waals surface area (Å²) in [6, 6.07) is 9.91. The molecule has 0 radical (unpaired) electrons. The predicted molar refractivity (Wildman–Crippen MR) is 83.8 cm³/mol. The van der Waals surface area contributed by atoms with Gasteiger partial charge in [0, 0.05) is 6.04 Å². The van der Waals surface area contributed by atoms with Gasteiger partial charge in [-0.3, -0.25) is 0 Å². The lowest BCUT2D eigenvalue weighted by molar-refractivity contribution is 0.391. The Morgan fingerprint density at radius 3 is 2.63 bits per heavy atom. The van der Waals surface area contributed by atoms with E-state index in [0.29, 0.717) is 6.04 Å². The molecule has 0 bridgehead atoms. The molecule has 0 heterocycles. The Bertz CT molecular complexity index is 404. The molecule has 2 rings (SSSR count). The van der Waals surface area contributed by atoms with Gasteiger partial charge in [-0.05, 0) is 55.2 Å². The van der Waals surface area contributed by atoms with Crippen LogP contribution in [0.1, 0.15) is 70.4 Å². The smallest absolute Gasteiger partial charge is 0.00468 e. The molecule has 1 unspecified atom stereocenters. The normalized spacial score (nSPS) is 18.1. The molecule has 1 aromatic rings. The third kappa shape index (κ3) is 3.60. The molecule has 0 aromatic heterocycles. The fourth-order valence-corrected chi connectivity index (χ4v) is 3.26. The lowest BCUT2D eigenvalue weighted by atomic mass is 9.75. The second-order valence-corrected chi connectivity index (χ2v) is 6.80. The highest BCUT2D eigenvalue weighted by Gasteiger charge is 2.25. The van der Waals surface area contributed by atoms with Crippen LogP contribution in [0.5, 0.6) is 0 Å². The fourth-order valence-electron chi connectivity index (χ4n) is 3.26. The molecule has 1 aromatic carbocycles. The Labute approximate surface area is 118 Å². The first-order valence-corrected chi connectivity index (χ1v) is 7.87. The van der Waals surface area contributed by atoms with Crippen molar-refractivity contribution in [2.24, 2.45) is 0 Å². The van der Waals surface area contributed by atoms with Crippen LogP contribution in [0, 0.1) is 0 Å². The zero-order chi connectivity index (χ0) is 13.9. The van der Waals surface area contributed by atoms with Gasteiger partial charge in [0.2, 0.25) is 0 Å². The average molecular weight is 259 g/mol. The van der Waals surface area contributed by atoms with Crippen molar-refractivity contribution < 1.29 is 0 Å². The molecule has 1 N–H and O–H groups in total. The number of rotatable bonds is 6. The lowest BCUT2D eigenvalue weighted by Crippen LogP contribution is -2.33. The minimum absolute atomic E-state index is 0.251. The molecule has 0 aliphatic heterocycles. The quantitative estimate of drug-likeness (QED) is 0.786. The first-order valence-electron chi connectivity index (χ1n) is 7.87. The van der Waals surface area contributed by atoms with Crippen LogP contribution in [0.2, 0.25) is 0 Å². The predicted octanol–water partition coefficient (Wildman–Crippen LogP) is 4.62. The minimum Gasteiger partial charge on any atom is -0.315 e. The van der Waals surface area contributed by atoms with E-state index in [-0.39, 0.29) is 5.41 Å². The van der Waals surface area contributed by atoms with Crippen molar-refractivity contribution in [3.05, 3.63) is 35.4 Å². The summed E-state index contributed by atoms with van der Waals surface area (Å²) in [6.45, 7) is 10.3. The van der Waals surface area contributed by atoms with Gasteiger partial charge in [-0.2, -0.15) is 0 Å². The molecule has 1 nitrogen and oxygen atoms in total. The first kappa shape index (κ1) is 14.6. The highest BCUT2D eigenvalue weighted by molar-refractivity contribution is 5.32. The van der Waals surface area contributed by atoms with Gasteiger partial charge in [0.15, 0.2) is 0 Å². The van der Waals surface area contributed by atoms with Gasteiger partial charge in [-0.15, -0.1) is 0 Å². The largest absolute Gasteiger partial charge is 0.315 e. The molecule has 106 valence electrons. The summed E-state index contributed by atoms with van der Waals surface area (Å²) in [5, 5.41) is 3.53. The van der Waals surface area contributed by atoms with Gasteiger partial charge in [0.05, 0.1) is 0 Å². The van der Waals surface area contributed by atoms with Crippen LogP contribution in [0.15, 0.2) is 24.3 Å². The van der Waals surface area contributed by atoms with Crippen molar-refractivity contribution in [3.63, 3.8) is 0 Å². The van der Waals surface area contributed by atoms with Gasteiger partial charge < -0.3 is 5.32 Å². The van der Waals surface area contributed by atoms with E-state index in [1.54, 1.807) is 5.56 Å². The zero-order valence-corrected chi connectivity index (χ0v) is 13.0. The molecule has 1 fully saturated rings. The molecule has 1 aliphatic rings. The van der Waals surface area contributed by atoms with E-state index in [1.807, 2.05) is 0 Å². The van der Waals surface area contributed by atoms with Crippen molar-refractivity contribution in [2.45, 2.75) is 70.8 Å². The van der Waals surface area contributed by atoms with Gasteiger partial charge in [0.1, 0.15) is 0 Å². The molecule has 0 spiro atoms. The highest BCUT2D eigenvalue weighted by atomic mass is 14.9. The fraction of sp³-hybridized carbons (Fsp3) is 0.667. The van der Waals surface area contributed by atoms with Crippen molar-refractivity contribution >= 4 is 0 Å². The summed E-state index contributed by atoms with van der Waals surface area (Å²) in [6.07, 6.45) is 5.38. The Kier molecular flexibility index (Phi) is 4.67. The average Bonchev–Trinajstić information content (AvgIpc) is 2.26. The molecule has 1 saturated carbocycles. The number of hydrogen-bond donors (Lipinski definition) is 1. The maximum absolute atomic E-state index is 3.53. The Morgan fingerprint density at radius 2 is 2.05 bits per heavy atom. The minimum atomic E-state index is 0.251. The van der Waals surface area contributed by atoms with E-state index in [9.17, 15) is 0 Å². The van der Waals surface area contributed by atoms with E-state index in [4.69, 9.17) is 0 Å². The summed E-state index contributed by atoms with van der Waals surface area (Å²) in [4.78, 5) is 0. The molecule has 1 aliphatic carbocycles. The van der Waals surface area contributed by atoms with Crippen molar-refractivity contribution in [3.8, 4) is 0 Å². The van der Waals surface area contributed by atoms with E-state index in [0.717, 1.165) is 12.5 Å². The monoisotopic (exact) mass is 259 g/mol. The highest BCUT2D eigenvalue weighted by Crippen LogP contribution is 2.38. The van der Waals surface area contributed by atoms with E-state index >= 15 is 0 Å². The SMILES string of the molecule is CCNC(C)CC(C)(C)c1cccc(C2CCC2)c1. The molecular formula is C18H29N. The standard InChI is InChI=1S/C18H29N/c1-5-19-14(2)13-18(3,4)17-11-7-10-16(12-17)15-8-6-9-15/h7,10-12,14-15,19H,5-6,8-9,13H2,1-4H3.